The molecule has 2 N–H and O–H groups in total. The van der Waals surface area contributed by atoms with Crippen LogP contribution in [0.15, 0.2) is 48.0 Å². The molecule has 7 nitrogen and oxygen atoms in total. The van der Waals surface area contributed by atoms with E-state index in [1.165, 1.54) is 24.1 Å². The highest BCUT2D eigenvalue weighted by Gasteiger charge is 2.46. The van der Waals surface area contributed by atoms with Gasteiger partial charge in [-0.2, -0.15) is 0 Å². The highest BCUT2D eigenvalue weighted by atomic mass is 16.5. The van der Waals surface area contributed by atoms with Crippen LogP contribution < -0.4 is 4.74 Å². The highest BCUT2D eigenvalue weighted by Crippen LogP contribution is 2.41. The standard InChI is InChI=1S/C23H23NO6/c1-13-10-16-11-15(6-7-18(16)30-13)21(26)19-20(14-4-3-5-17(25)12-14)24(8-9-29-2)23(28)22(19)27/h3-7,11-13,20,25-26H,8-10H2,1-2H3/b21-19+/t13-,20+/m1/s1. The van der Waals surface area contributed by atoms with Gasteiger partial charge >= 0.3 is 0 Å². The number of ether oxygens (including phenoxy) is 2. The van der Waals surface area contributed by atoms with E-state index in [1.807, 2.05) is 6.92 Å². The first-order chi connectivity index (χ1) is 14.4. The van der Waals surface area contributed by atoms with E-state index < -0.39 is 17.7 Å². The Kier molecular flexibility index (Phi) is 5.22. The van der Waals surface area contributed by atoms with Gasteiger partial charge in [0.25, 0.3) is 11.7 Å². The Labute approximate surface area is 174 Å². The van der Waals surface area contributed by atoms with E-state index in [9.17, 15) is 19.8 Å². The molecule has 0 spiro atoms. The number of carbonyl (C=O) groups is 2. The van der Waals surface area contributed by atoms with E-state index in [-0.39, 0.29) is 36.3 Å². The number of carbonyl (C=O) groups excluding carboxylic acids is 2. The summed E-state index contributed by atoms with van der Waals surface area (Å²) in [4.78, 5) is 27.0. The van der Waals surface area contributed by atoms with Crippen molar-refractivity contribution in [3.05, 3.63) is 64.7 Å². The Morgan fingerprint density at radius 2 is 2.03 bits per heavy atom. The molecule has 0 aromatic heterocycles. The van der Waals surface area contributed by atoms with Crippen LogP contribution in [0.2, 0.25) is 0 Å². The maximum Gasteiger partial charge on any atom is 0.295 e. The van der Waals surface area contributed by atoms with E-state index in [2.05, 4.69) is 0 Å². The molecule has 2 aliphatic rings. The smallest absolute Gasteiger partial charge is 0.295 e. The van der Waals surface area contributed by atoms with Crippen molar-refractivity contribution < 1.29 is 29.3 Å². The molecule has 2 aliphatic heterocycles. The van der Waals surface area contributed by atoms with Crippen LogP contribution in [0.25, 0.3) is 5.76 Å². The molecule has 0 unspecified atom stereocenters. The molecule has 2 heterocycles. The Bertz CT molecular complexity index is 1040. The highest BCUT2D eigenvalue weighted by molar-refractivity contribution is 6.46. The summed E-state index contributed by atoms with van der Waals surface area (Å²) < 4.78 is 10.8. The van der Waals surface area contributed by atoms with Gasteiger partial charge in [0.05, 0.1) is 18.2 Å². The second-order valence-corrected chi connectivity index (χ2v) is 7.54. The van der Waals surface area contributed by atoms with Crippen LogP contribution in [0.1, 0.15) is 29.7 Å². The predicted octanol–water partition coefficient (Wildman–Crippen LogP) is 2.78. The van der Waals surface area contributed by atoms with Crippen LogP contribution in [-0.4, -0.2) is 53.2 Å². The monoisotopic (exact) mass is 409 g/mol. The van der Waals surface area contributed by atoms with Crippen molar-refractivity contribution in [2.75, 3.05) is 20.3 Å². The van der Waals surface area contributed by atoms with Crippen molar-refractivity contribution in [1.29, 1.82) is 0 Å². The lowest BCUT2D eigenvalue weighted by Gasteiger charge is -2.25. The summed E-state index contributed by atoms with van der Waals surface area (Å²) in [5.74, 6) is -0.955. The van der Waals surface area contributed by atoms with Gasteiger partial charge in [-0.25, -0.2) is 0 Å². The van der Waals surface area contributed by atoms with Crippen LogP contribution in [0.4, 0.5) is 0 Å². The number of likely N-dealkylation sites (tertiary alicyclic amines) is 1. The molecule has 1 saturated heterocycles. The van der Waals surface area contributed by atoms with Crippen molar-refractivity contribution in [2.24, 2.45) is 0 Å². The number of phenolic OH excluding ortho intramolecular Hbond substituents is 1. The lowest BCUT2D eigenvalue weighted by molar-refractivity contribution is -0.140. The van der Waals surface area contributed by atoms with Crippen molar-refractivity contribution in [2.45, 2.75) is 25.5 Å². The first-order valence-corrected chi connectivity index (χ1v) is 9.77. The summed E-state index contributed by atoms with van der Waals surface area (Å²) in [7, 11) is 1.51. The number of aliphatic hydroxyl groups excluding tert-OH is 1. The molecule has 0 radical (unpaired) electrons. The number of amides is 1. The summed E-state index contributed by atoms with van der Waals surface area (Å²) in [5, 5.41) is 21.0. The number of hydrogen-bond donors (Lipinski definition) is 2. The minimum atomic E-state index is -0.823. The zero-order valence-electron chi connectivity index (χ0n) is 16.8. The van der Waals surface area contributed by atoms with E-state index in [1.54, 1.807) is 30.3 Å². The second kappa shape index (κ2) is 7.84. The average molecular weight is 409 g/mol. The fourth-order valence-corrected chi connectivity index (χ4v) is 4.07. The van der Waals surface area contributed by atoms with Crippen molar-refractivity contribution in [1.82, 2.24) is 4.90 Å². The first-order valence-electron chi connectivity index (χ1n) is 9.77. The van der Waals surface area contributed by atoms with Gasteiger partial charge in [0.1, 0.15) is 23.4 Å². The van der Waals surface area contributed by atoms with Crippen molar-refractivity contribution in [3.8, 4) is 11.5 Å². The number of Topliss-reactive ketones (excluding diaryl/α,β-unsaturated/α-hetero) is 1. The summed E-state index contributed by atoms with van der Waals surface area (Å²) in [5.41, 5.74) is 1.91. The number of methoxy groups -OCH3 is 1. The van der Waals surface area contributed by atoms with Crippen LogP contribution in [-0.2, 0) is 20.7 Å². The fourth-order valence-electron chi connectivity index (χ4n) is 4.07. The first kappa shape index (κ1) is 20.0. The largest absolute Gasteiger partial charge is 0.508 e. The maximum absolute atomic E-state index is 12.9. The van der Waals surface area contributed by atoms with Crippen molar-refractivity contribution >= 4 is 17.4 Å². The molecule has 0 saturated carbocycles. The zero-order chi connectivity index (χ0) is 21.4. The normalized spacial score (nSPS) is 22.3. The Morgan fingerprint density at radius 3 is 2.77 bits per heavy atom. The molecule has 156 valence electrons. The molecule has 0 aliphatic carbocycles. The van der Waals surface area contributed by atoms with Crippen molar-refractivity contribution in [3.63, 3.8) is 0 Å². The average Bonchev–Trinajstić information content (AvgIpc) is 3.22. The lowest BCUT2D eigenvalue weighted by Crippen LogP contribution is -2.32. The molecule has 4 rings (SSSR count). The number of rotatable bonds is 5. The number of phenols is 1. The molecule has 2 atom stereocenters. The maximum atomic E-state index is 12.9. The third-order valence-corrected chi connectivity index (χ3v) is 5.43. The van der Waals surface area contributed by atoms with Crippen LogP contribution in [0, 0.1) is 0 Å². The summed E-state index contributed by atoms with van der Waals surface area (Å²) in [6, 6.07) is 10.7. The molecule has 1 fully saturated rings. The van der Waals surface area contributed by atoms with Crippen LogP contribution in [0.5, 0.6) is 11.5 Å². The number of aromatic hydroxyl groups is 1. The SMILES string of the molecule is COCCN1C(=O)C(=O)/C(=C(/O)c2ccc3c(c2)C[C@@H](C)O3)[C@@H]1c1cccc(O)c1. The fraction of sp³-hybridized carbons (Fsp3) is 0.304. The van der Waals surface area contributed by atoms with Gasteiger partial charge in [-0.15, -0.1) is 0 Å². The summed E-state index contributed by atoms with van der Waals surface area (Å²) in [6.45, 7) is 2.37. The third-order valence-electron chi connectivity index (χ3n) is 5.43. The third kappa shape index (κ3) is 3.41. The summed E-state index contributed by atoms with van der Waals surface area (Å²) in [6.07, 6.45) is 0.749. The van der Waals surface area contributed by atoms with Gasteiger partial charge in [-0.3, -0.25) is 9.59 Å². The quantitative estimate of drug-likeness (QED) is 0.448. The number of aliphatic hydroxyl groups is 1. The van der Waals surface area contributed by atoms with E-state index in [0.717, 1.165) is 11.3 Å². The van der Waals surface area contributed by atoms with Gasteiger partial charge in [-0.1, -0.05) is 12.1 Å². The molecular formula is C23H23NO6. The van der Waals surface area contributed by atoms with E-state index >= 15 is 0 Å². The van der Waals surface area contributed by atoms with Gasteiger partial charge in [0, 0.05) is 25.6 Å². The van der Waals surface area contributed by atoms with Gasteiger partial charge in [0.2, 0.25) is 0 Å². The van der Waals surface area contributed by atoms with Crippen LogP contribution >= 0.6 is 0 Å². The summed E-state index contributed by atoms with van der Waals surface area (Å²) >= 11 is 0. The number of benzene rings is 2. The predicted molar refractivity (Wildman–Crippen MR) is 109 cm³/mol. The topological polar surface area (TPSA) is 96.3 Å². The number of hydrogen-bond acceptors (Lipinski definition) is 6. The molecule has 30 heavy (non-hydrogen) atoms. The lowest BCUT2D eigenvalue weighted by atomic mass is 9.94. The van der Waals surface area contributed by atoms with Gasteiger partial charge in [0.15, 0.2) is 0 Å². The molecule has 0 bridgehead atoms. The number of ketones is 1. The van der Waals surface area contributed by atoms with Gasteiger partial charge < -0.3 is 24.6 Å². The zero-order valence-corrected chi connectivity index (χ0v) is 16.8. The number of nitrogens with zero attached hydrogens (tertiary/aromatic N) is 1. The van der Waals surface area contributed by atoms with Crippen LogP contribution in [0.3, 0.4) is 0 Å². The second-order valence-electron chi connectivity index (χ2n) is 7.54. The minimum absolute atomic E-state index is 0.00591. The molecule has 2 aromatic carbocycles. The molecular weight excluding hydrogens is 386 g/mol. The Balaban J connectivity index is 1.83. The van der Waals surface area contributed by atoms with E-state index in [4.69, 9.17) is 9.47 Å². The Hall–Kier alpha value is -3.32. The molecule has 2 aromatic rings. The van der Waals surface area contributed by atoms with E-state index in [0.29, 0.717) is 17.5 Å². The van der Waals surface area contributed by atoms with Gasteiger partial charge in [-0.05, 0) is 48.4 Å². The minimum Gasteiger partial charge on any atom is -0.508 e. The molecule has 1 amide bonds. The molecule has 7 heteroatoms. The number of fused-ring (bicyclic) bond motifs is 1. The Morgan fingerprint density at radius 1 is 1.23 bits per heavy atom.